The summed E-state index contributed by atoms with van der Waals surface area (Å²) in [4.78, 5) is 0. The number of aliphatic hydroxyl groups is 3. The predicted octanol–water partition coefficient (Wildman–Crippen LogP) is 2.58. The third kappa shape index (κ3) is 1.42. The molecule has 0 saturated heterocycles. The number of hydrogen-bond donors (Lipinski definition) is 3. The Balaban J connectivity index is 1.44. The fourth-order valence-corrected chi connectivity index (χ4v) is 9.09. The number of fused-ring (bicyclic) bond motifs is 10. The SMILES string of the molecule is C[C@]12CCC3C(C1[C@@H]1C[C@@H]1[C@@H]2O)[C@H]1C[C@H]1[C@]1(O)C[C@@H](O)CC[C@]31C. The topological polar surface area (TPSA) is 60.7 Å². The summed E-state index contributed by atoms with van der Waals surface area (Å²) in [7, 11) is 0. The molecule has 0 bridgehead atoms. The third-order valence-electron chi connectivity index (χ3n) is 10.4. The van der Waals surface area contributed by atoms with E-state index in [-0.39, 0.29) is 23.0 Å². The van der Waals surface area contributed by atoms with E-state index in [0.29, 0.717) is 36.0 Å². The van der Waals surface area contributed by atoms with Gasteiger partial charge in [-0.1, -0.05) is 13.8 Å². The van der Waals surface area contributed by atoms with Crippen LogP contribution in [0.3, 0.4) is 0 Å². The molecule has 3 nitrogen and oxygen atoms in total. The molecule has 0 heterocycles. The summed E-state index contributed by atoms with van der Waals surface area (Å²) in [5.74, 6) is 4.44. The molecule has 0 aromatic rings. The maximum absolute atomic E-state index is 11.7. The third-order valence-corrected chi connectivity index (χ3v) is 10.4. The van der Waals surface area contributed by atoms with Crippen molar-refractivity contribution in [1.29, 1.82) is 0 Å². The van der Waals surface area contributed by atoms with Crippen LogP contribution in [0, 0.1) is 52.3 Å². The first kappa shape index (κ1) is 15.0. The molecule has 0 aromatic heterocycles. The van der Waals surface area contributed by atoms with E-state index in [0.717, 1.165) is 31.1 Å². The van der Waals surface area contributed by atoms with Crippen LogP contribution < -0.4 is 0 Å². The number of hydrogen-bond acceptors (Lipinski definition) is 3. The second-order valence-electron chi connectivity index (χ2n) is 11.0. The lowest BCUT2D eigenvalue weighted by Gasteiger charge is -2.64. The van der Waals surface area contributed by atoms with E-state index in [9.17, 15) is 15.3 Å². The zero-order chi connectivity index (χ0) is 16.6. The predicted molar refractivity (Wildman–Crippen MR) is 89.9 cm³/mol. The summed E-state index contributed by atoms with van der Waals surface area (Å²) in [6.07, 6.45) is 6.78. The van der Waals surface area contributed by atoms with Crippen LogP contribution in [-0.2, 0) is 0 Å². The summed E-state index contributed by atoms with van der Waals surface area (Å²) in [5.41, 5.74) is -0.514. The van der Waals surface area contributed by atoms with Crippen LogP contribution in [0.4, 0.5) is 0 Å². The minimum Gasteiger partial charge on any atom is -0.393 e. The molecule has 6 fully saturated rings. The maximum Gasteiger partial charge on any atom is 0.0759 e. The minimum absolute atomic E-state index is 0.0200. The summed E-state index contributed by atoms with van der Waals surface area (Å²) in [6, 6.07) is 0. The first-order valence-corrected chi connectivity index (χ1v) is 10.4. The number of rotatable bonds is 0. The Hall–Kier alpha value is -0.120. The second kappa shape index (κ2) is 4.07. The van der Waals surface area contributed by atoms with Gasteiger partial charge < -0.3 is 15.3 Å². The van der Waals surface area contributed by atoms with Crippen molar-refractivity contribution in [1.82, 2.24) is 0 Å². The van der Waals surface area contributed by atoms with Crippen molar-refractivity contribution < 1.29 is 15.3 Å². The Bertz CT molecular complexity index is 606. The molecule has 0 spiro atoms. The lowest BCUT2D eigenvalue weighted by Crippen LogP contribution is -2.64. The second-order valence-corrected chi connectivity index (χ2v) is 11.0. The van der Waals surface area contributed by atoms with Gasteiger partial charge in [-0.25, -0.2) is 0 Å². The molecule has 0 amide bonds. The van der Waals surface area contributed by atoms with Crippen LogP contribution in [0.15, 0.2) is 0 Å². The van der Waals surface area contributed by atoms with Gasteiger partial charge in [0, 0.05) is 6.42 Å². The van der Waals surface area contributed by atoms with Crippen molar-refractivity contribution in [3.63, 3.8) is 0 Å². The van der Waals surface area contributed by atoms with Crippen molar-refractivity contribution in [3.8, 4) is 0 Å². The van der Waals surface area contributed by atoms with Gasteiger partial charge in [-0.05, 0) is 90.8 Å². The highest BCUT2D eigenvalue weighted by Crippen LogP contribution is 2.79. The average molecular weight is 332 g/mol. The van der Waals surface area contributed by atoms with E-state index >= 15 is 0 Å². The van der Waals surface area contributed by atoms with E-state index in [1.165, 1.54) is 19.3 Å². The van der Waals surface area contributed by atoms with Gasteiger partial charge in [-0.15, -0.1) is 0 Å². The van der Waals surface area contributed by atoms with Gasteiger partial charge in [0.05, 0.1) is 17.8 Å². The van der Waals surface area contributed by atoms with Crippen molar-refractivity contribution in [2.45, 2.75) is 76.6 Å². The standard InChI is InChI=1S/C21H32O3/c1-19-5-4-14-16(17(19)11-7-12(11)18(19)23)13-8-15(13)21(24)9-10(22)3-6-20(14,21)2/h10-18,22-24H,3-9H2,1-2H3/t10-,11+,12-,13-,14?,15+,16?,17?,18-,19-,20+,21+/m0/s1. The highest BCUT2D eigenvalue weighted by Gasteiger charge is 2.78. The zero-order valence-corrected chi connectivity index (χ0v) is 15.0. The van der Waals surface area contributed by atoms with Gasteiger partial charge in [-0.3, -0.25) is 0 Å². The van der Waals surface area contributed by atoms with Crippen molar-refractivity contribution in [2.75, 3.05) is 0 Å². The maximum atomic E-state index is 11.7. The quantitative estimate of drug-likeness (QED) is 0.639. The molecule has 6 saturated carbocycles. The molecule has 0 aromatic carbocycles. The van der Waals surface area contributed by atoms with Crippen molar-refractivity contribution in [2.24, 2.45) is 52.3 Å². The molecular formula is C21H32O3. The first-order valence-electron chi connectivity index (χ1n) is 10.4. The fraction of sp³-hybridized carbons (Fsp3) is 1.00. The molecule has 6 aliphatic carbocycles. The Morgan fingerprint density at radius 1 is 0.875 bits per heavy atom. The van der Waals surface area contributed by atoms with Gasteiger partial charge in [0.1, 0.15) is 0 Å². The molecule has 3 heteroatoms. The van der Waals surface area contributed by atoms with Crippen LogP contribution >= 0.6 is 0 Å². The van der Waals surface area contributed by atoms with Crippen LogP contribution in [0.5, 0.6) is 0 Å². The molecular weight excluding hydrogens is 300 g/mol. The van der Waals surface area contributed by atoms with Gasteiger partial charge in [0.2, 0.25) is 0 Å². The molecule has 12 atom stereocenters. The summed E-state index contributed by atoms with van der Waals surface area (Å²) in [6.45, 7) is 4.72. The van der Waals surface area contributed by atoms with Gasteiger partial charge in [-0.2, -0.15) is 0 Å². The molecule has 0 radical (unpaired) electrons. The zero-order valence-electron chi connectivity index (χ0n) is 15.0. The van der Waals surface area contributed by atoms with Gasteiger partial charge in [0.25, 0.3) is 0 Å². The van der Waals surface area contributed by atoms with Crippen LogP contribution in [0.1, 0.15) is 58.8 Å². The van der Waals surface area contributed by atoms with E-state index < -0.39 is 5.60 Å². The Labute approximate surface area is 144 Å². The average Bonchev–Trinajstić information content (AvgIpc) is 3.41. The van der Waals surface area contributed by atoms with Crippen LogP contribution in [0.25, 0.3) is 0 Å². The Kier molecular flexibility index (Phi) is 2.54. The normalized spacial score (nSPS) is 72.1. The molecule has 24 heavy (non-hydrogen) atoms. The minimum atomic E-state index is -0.635. The van der Waals surface area contributed by atoms with Gasteiger partial charge in [0.15, 0.2) is 0 Å². The Morgan fingerprint density at radius 3 is 2.46 bits per heavy atom. The fourth-order valence-electron chi connectivity index (χ4n) is 9.09. The molecule has 134 valence electrons. The van der Waals surface area contributed by atoms with E-state index in [4.69, 9.17) is 0 Å². The van der Waals surface area contributed by atoms with Crippen molar-refractivity contribution in [3.05, 3.63) is 0 Å². The summed E-state index contributed by atoms with van der Waals surface area (Å²) >= 11 is 0. The van der Waals surface area contributed by atoms with Gasteiger partial charge >= 0.3 is 0 Å². The monoisotopic (exact) mass is 332 g/mol. The Morgan fingerprint density at radius 2 is 1.67 bits per heavy atom. The van der Waals surface area contributed by atoms with E-state index in [1.54, 1.807) is 0 Å². The van der Waals surface area contributed by atoms with E-state index in [1.807, 2.05) is 0 Å². The lowest BCUT2D eigenvalue weighted by atomic mass is 9.43. The summed E-state index contributed by atoms with van der Waals surface area (Å²) in [5, 5.41) is 32.8. The number of aliphatic hydroxyl groups excluding tert-OH is 2. The van der Waals surface area contributed by atoms with Crippen molar-refractivity contribution >= 4 is 0 Å². The highest BCUT2D eigenvalue weighted by atomic mass is 16.3. The summed E-state index contributed by atoms with van der Waals surface area (Å²) < 4.78 is 0. The largest absolute Gasteiger partial charge is 0.393 e. The molecule has 3 N–H and O–H groups in total. The first-order chi connectivity index (χ1) is 11.3. The van der Waals surface area contributed by atoms with E-state index in [2.05, 4.69) is 13.8 Å². The molecule has 3 unspecified atom stereocenters. The smallest absolute Gasteiger partial charge is 0.0759 e. The molecule has 0 aliphatic heterocycles. The molecule has 6 rings (SSSR count). The van der Waals surface area contributed by atoms with Crippen LogP contribution in [-0.4, -0.2) is 33.1 Å². The highest BCUT2D eigenvalue weighted by molar-refractivity contribution is 5.26. The molecule has 6 aliphatic rings. The lowest BCUT2D eigenvalue weighted by molar-refractivity contribution is -0.230. The van der Waals surface area contributed by atoms with Crippen LogP contribution in [0.2, 0.25) is 0 Å².